The van der Waals surface area contributed by atoms with Crippen molar-refractivity contribution in [1.29, 1.82) is 0 Å². The molecule has 0 aliphatic carbocycles. The van der Waals surface area contributed by atoms with Crippen molar-refractivity contribution in [2.45, 2.75) is 26.8 Å². The maximum Gasteiger partial charge on any atom is 0.0639 e. The average molecular weight is 310 g/mol. The molecule has 0 amide bonds. The van der Waals surface area contributed by atoms with E-state index < -0.39 is 0 Å². The molecule has 0 atom stereocenters. The number of hydrogen-bond acceptors (Lipinski definition) is 3. The fourth-order valence-corrected chi connectivity index (χ4v) is 2.59. The van der Waals surface area contributed by atoms with E-state index in [0.29, 0.717) is 6.42 Å². The Kier molecular flexibility index (Phi) is 5.94. The zero-order chi connectivity index (χ0) is 16.8. The Bertz CT molecular complexity index is 658. The lowest BCUT2D eigenvalue weighted by atomic mass is 9.97. The first-order valence-electron chi connectivity index (χ1n) is 8.03. The van der Waals surface area contributed by atoms with Gasteiger partial charge in [-0.3, -0.25) is 0 Å². The summed E-state index contributed by atoms with van der Waals surface area (Å²) >= 11 is 0. The Hall–Kier alpha value is -2.13. The smallest absolute Gasteiger partial charge is 0.0639 e. The summed E-state index contributed by atoms with van der Waals surface area (Å²) in [5.41, 5.74) is 5.73. The molecule has 0 spiro atoms. The van der Waals surface area contributed by atoms with Crippen molar-refractivity contribution in [2.24, 2.45) is 11.1 Å². The molecule has 2 aromatic carbocycles. The molecule has 1 N–H and O–H groups in total. The van der Waals surface area contributed by atoms with Gasteiger partial charge in [0.2, 0.25) is 0 Å². The third-order valence-corrected chi connectivity index (χ3v) is 3.89. The van der Waals surface area contributed by atoms with Gasteiger partial charge in [-0.1, -0.05) is 61.5 Å². The predicted molar refractivity (Wildman–Crippen MR) is 97.0 cm³/mol. The first kappa shape index (κ1) is 17.2. The summed E-state index contributed by atoms with van der Waals surface area (Å²) in [5.74, 6) is 0.252. The van der Waals surface area contributed by atoms with Gasteiger partial charge in [-0.15, -0.1) is 0 Å². The van der Waals surface area contributed by atoms with Gasteiger partial charge in [0.15, 0.2) is 0 Å². The van der Waals surface area contributed by atoms with Gasteiger partial charge < -0.3 is 10.1 Å². The first-order chi connectivity index (χ1) is 11.0. The molecule has 3 nitrogen and oxygen atoms in total. The minimum atomic E-state index is 0.252. The van der Waals surface area contributed by atoms with Crippen molar-refractivity contribution in [1.82, 2.24) is 4.90 Å². The minimum absolute atomic E-state index is 0.252. The molecule has 0 aromatic heterocycles. The molecule has 0 aliphatic rings. The third-order valence-electron chi connectivity index (χ3n) is 3.89. The highest BCUT2D eigenvalue weighted by molar-refractivity contribution is 5.87. The van der Waals surface area contributed by atoms with Gasteiger partial charge in [0, 0.05) is 13.0 Å². The SMILES string of the molecule is CC(C)/C(Cc1ccc(-c2cccc(CN(C)C)c2)cc1)=N\O. The third kappa shape index (κ3) is 4.93. The lowest BCUT2D eigenvalue weighted by Gasteiger charge is -2.12. The fraction of sp³-hybridized carbons (Fsp3) is 0.350. The number of benzene rings is 2. The van der Waals surface area contributed by atoms with E-state index in [2.05, 4.69) is 72.7 Å². The van der Waals surface area contributed by atoms with Crippen molar-refractivity contribution >= 4 is 5.71 Å². The Balaban J connectivity index is 2.16. The highest BCUT2D eigenvalue weighted by Crippen LogP contribution is 2.22. The summed E-state index contributed by atoms with van der Waals surface area (Å²) in [6.07, 6.45) is 0.690. The molecular formula is C20H26N2O. The molecule has 0 aliphatic heterocycles. The van der Waals surface area contributed by atoms with E-state index in [-0.39, 0.29) is 5.92 Å². The van der Waals surface area contributed by atoms with Crippen molar-refractivity contribution in [2.75, 3.05) is 14.1 Å². The van der Waals surface area contributed by atoms with Crippen LogP contribution in [0.1, 0.15) is 25.0 Å². The number of rotatable bonds is 6. The van der Waals surface area contributed by atoms with Crippen LogP contribution in [0.4, 0.5) is 0 Å². The normalized spacial score (nSPS) is 12.2. The molecule has 2 aromatic rings. The van der Waals surface area contributed by atoms with E-state index >= 15 is 0 Å². The summed E-state index contributed by atoms with van der Waals surface area (Å²) in [6, 6.07) is 17.1. The van der Waals surface area contributed by atoms with Gasteiger partial charge in [-0.05, 0) is 48.3 Å². The topological polar surface area (TPSA) is 35.8 Å². The highest BCUT2D eigenvalue weighted by Gasteiger charge is 2.08. The Morgan fingerprint density at radius 1 is 1.00 bits per heavy atom. The van der Waals surface area contributed by atoms with E-state index in [1.54, 1.807) is 0 Å². The van der Waals surface area contributed by atoms with Crippen LogP contribution in [0, 0.1) is 5.92 Å². The van der Waals surface area contributed by atoms with Crippen molar-refractivity contribution in [3.63, 3.8) is 0 Å². The maximum absolute atomic E-state index is 9.08. The quantitative estimate of drug-likeness (QED) is 0.486. The number of oxime groups is 1. The summed E-state index contributed by atoms with van der Waals surface area (Å²) < 4.78 is 0. The van der Waals surface area contributed by atoms with Crippen LogP contribution in [-0.4, -0.2) is 29.9 Å². The average Bonchev–Trinajstić information content (AvgIpc) is 2.52. The second kappa shape index (κ2) is 7.93. The Morgan fingerprint density at radius 3 is 2.26 bits per heavy atom. The standard InChI is InChI=1S/C20H26N2O/c1-15(2)20(21-23)13-16-8-10-18(11-9-16)19-7-5-6-17(12-19)14-22(3)4/h5-12,15,23H,13-14H2,1-4H3/b21-20-. The van der Waals surface area contributed by atoms with E-state index in [9.17, 15) is 0 Å². The molecular weight excluding hydrogens is 284 g/mol. The summed E-state index contributed by atoms with van der Waals surface area (Å²) in [5, 5.41) is 12.5. The molecule has 0 bridgehead atoms. The zero-order valence-electron chi connectivity index (χ0n) is 14.5. The molecule has 0 radical (unpaired) electrons. The van der Waals surface area contributed by atoms with E-state index in [1.807, 2.05) is 13.8 Å². The van der Waals surface area contributed by atoms with Gasteiger partial charge >= 0.3 is 0 Å². The highest BCUT2D eigenvalue weighted by atomic mass is 16.4. The van der Waals surface area contributed by atoms with Crippen LogP contribution < -0.4 is 0 Å². The van der Waals surface area contributed by atoms with Gasteiger partial charge in [0.05, 0.1) is 5.71 Å². The van der Waals surface area contributed by atoms with Crippen LogP contribution in [0.3, 0.4) is 0 Å². The van der Waals surface area contributed by atoms with Crippen molar-refractivity contribution in [3.05, 3.63) is 59.7 Å². The first-order valence-corrected chi connectivity index (χ1v) is 8.03. The fourth-order valence-electron chi connectivity index (χ4n) is 2.59. The van der Waals surface area contributed by atoms with Crippen LogP contribution in [0.5, 0.6) is 0 Å². The second-order valence-corrected chi connectivity index (χ2v) is 6.56. The molecule has 23 heavy (non-hydrogen) atoms. The van der Waals surface area contributed by atoms with Crippen LogP contribution in [0.25, 0.3) is 11.1 Å². The molecule has 0 saturated heterocycles. The van der Waals surface area contributed by atoms with Crippen LogP contribution in [0.15, 0.2) is 53.7 Å². The molecule has 3 heteroatoms. The maximum atomic E-state index is 9.08. The summed E-state index contributed by atoms with van der Waals surface area (Å²) in [7, 11) is 4.16. The predicted octanol–water partition coefficient (Wildman–Crippen LogP) is 4.44. The molecule has 0 heterocycles. The Labute approximate surface area is 139 Å². The van der Waals surface area contributed by atoms with E-state index in [1.165, 1.54) is 22.3 Å². The summed E-state index contributed by atoms with van der Waals surface area (Å²) in [6.45, 7) is 5.02. The van der Waals surface area contributed by atoms with E-state index in [0.717, 1.165) is 12.3 Å². The summed E-state index contributed by atoms with van der Waals surface area (Å²) in [4.78, 5) is 2.17. The van der Waals surface area contributed by atoms with Gasteiger partial charge in [0.1, 0.15) is 0 Å². The van der Waals surface area contributed by atoms with Crippen LogP contribution >= 0.6 is 0 Å². The minimum Gasteiger partial charge on any atom is -0.411 e. The lowest BCUT2D eigenvalue weighted by molar-refractivity contribution is 0.314. The largest absolute Gasteiger partial charge is 0.411 e. The number of hydrogen-bond donors (Lipinski definition) is 1. The zero-order valence-corrected chi connectivity index (χ0v) is 14.5. The van der Waals surface area contributed by atoms with Gasteiger partial charge in [-0.2, -0.15) is 0 Å². The Morgan fingerprint density at radius 2 is 1.70 bits per heavy atom. The molecule has 122 valence electrons. The second-order valence-electron chi connectivity index (χ2n) is 6.56. The van der Waals surface area contributed by atoms with Crippen molar-refractivity contribution in [3.8, 4) is 11.1 Å². The molecule has 0 unspecified atom stereocenters. The van der Waals surface area contributed by atoms with Crippen LogP contribution in [0.2, 0.25) is 0 Å². The van der Waals surface area contributed by atoms with Crippen LogP contribution in [-0.2, 0) is 13.0 Å². The van der Waals surface area contributed by atoms with E-state index in [4.69, 9.17) is 5.21 Å². The van der Waals surface area contributed by atoms with Gasteiger partial charge in [0.25, 0.3) is 0 Å². The number of nitrogens with zero attached hydrogens (tertiary/aromatic N) is 2. The monoisotopic (exact) mass is 310 g/mol. The van der Waals surface area contributed by atoms with Gasteiger partial charge in [-0.25, -0.2) is 0 Å². The molecule has 2 rings (SSSR count). The lowest BCUT2D eigenvalue weighted by Crippen LogP contribution is -2.11. The molecule has 0 fully saturated rings. The molecule has 0 saturated carbocycles. The van der Waals surface area contributed by atoms with Crippen molar-refractivity contribution < 1.29 is 5.21 Å².